The highest BCUT2D eigenvalue weighted by atomic mass is 32.2. The average molecular weight is 312 g/mol. The predicted octanol–water partition coefficient (Wildman–Crippen LogP) is 0.694. The minimum atomic E-state index is -3.70. The van der Waals surface area contributed by atoms with E-state index in [9.17, 15) is 8.42 Å². The van der Waals surface area contributed by atoms with Crippen molar-refractivity contribution in [3.63, 3.8) is 0 Å². The zero-order valence-corrected chi connectivity index (χ0v) is 13.4. The number of piperazine rings is 1. The van der Waals surface area contributed by atoms with E-state index in [1.165, 1.54) is 6.07 Å². The van der Waals surface area contributed by atoms with Crippen molar-refractivity contribution >= 4 is 21.4 Å². The summed E-state index contributed by atoms with van der Waals surface area (Å²) in [5.74, 6) is 0.646. The third-order valence-electron chi connectivity index (χ3n) is 3.67. The largest absolute Gasteiger partial charge is 0.397 e. The van der Waals surface area contributed by atoms with Gasteiger partial charge in [-0.2, -0.15) is 0 Å². The highest BCUT2D eigenvalue weighted by molar-refractivity contribution is 7.89. The van der Waals surface area contributed by atoms with Crippen LogP contribution in [0, 0.1) is 5.92 Å². The lowest BCUT2D eigenvalue weighted by Crippen LogP contribution is -2.47. The molecule has 21 heavy (non-hydrogen) atoms. The Bertz CT molecular complexity index is 593. The molecule has 0 radical (unpaired) electrons. The van der Waals surface area contributed by atoms with E-state index in [1.54, 1.807) is 12.1 Å². The number of nitrogen functional groups attached to an aromatic ring is 1. The van der Waals surface area contributed by atoms with E-state index in [0.29, 0.717) is 11.6 Å². The standard InChI is InChI=1S/C14H24N4O2S/c1-11(2)10-17-5-7-18(8-6-17)14-9-12(21(16,19)20)3-4-13(14)15/h3-4,9,11H,5-8,10,15H2,1-2H3,(H2,16,19,20). The Hall–Kier alpha value is -1.31. The minimum absolute atomic E-state index is 0.108. The van der Waals surface area contributed by atoms with Crippen molar-refractivity contribution in [1.29, 1.82) is 0 Å². The average Bonchev–Trinajstić information content (AvgIpc) is 2.38. The van der Waals surface area contributed by atoms with Crippen molar-refractivity contribution in [3.05, 3.63) is 18.2 Å². The molecule has 1 aliphatic heterocycles. The molecule has 0 aromatic heterocycles. The van der Waals surface area contributed by atoms with Gasteiger partial charge in [0.05, 0.1) is 16.3 Å². The first-order valence-corrected chi connectivity index (χ1v) is 8.71. The fraction of sp³-hybridized carbons (Fsp3) is 0.571. The van der Waals surface area contributed by atoms with E-state index in [1.807, 2.05) is 0 Å². The molecule has 2 rings (SSSR count). The molecule has 1 aliphatic rings. The molecule has 0 saturated carbocycles. The van der Waals surface area contributed by atoms with Crippen LogP contribution < -0.4 is 15.8 Å². The zero-order valence-electron chi connectivity index (χ0n) is 12.6. The molecule has 1 heterocycles. The molecule has 1 fully saturated rings. The van der Waals surface area contributed by atoms with Crippen LogP contribution in [0.2, 0.25) is 0 Å². The summed E-state index contributed by atoms with van der Waals surface area (Å²) in [6.45, 7) is 9.09. The van der Waals surface area contributed by atoms with Crippen molar-refractivity contribution in [1.82, 2.24) is 4.90 Å². The molecule has 0 unspecified atom stereocenters. The number of hydrogen-bond donors (Lipinski definition) is 2. The van der Waals surface area contributed by atoms with Gasteiger partial charge in [-0.1, -0.05) is 13.8 Å². The van der Waals surface area contributed by atoms with Crippen LogP contribution in [0.25, 0.3) is 0 Å². The normalized spacial score (nSPS) is 17.4. The van der Waals surface area contributed by atoms with E-state index in [0.717, 1.165) is 38.4 Å². The number of anilines is 2. The number of rotatable bonds is 4. The van der Waals surface area contributed by atoms with Crippen molar-refractivity contribution in [3.8, 4) is 0 Å². The highest BCUT2D eigenvalue weighted by Gasteiger charge is 2.20. The third kappa shape index (κ3) is 4.09. The summed E-state index contributed by atoms with van der Waals surface area (Å²) in [4.78, 5) is 4.65. The molecule has 1 aromatic carbocycles. The summed E-state index contributed by atoms with van der Waals surface area (Å²) in [5, 5.41) is 5.19. The van der Waals surface area contributed by atoms with Gasteiger partial charge in [-0.25, -0.2) is 13.6 Å². The Morgan fingerprint density at radius 2 is 1.81 bits per heavy atom. The molecular weight excluding hydrogens is 288 g/mol. The van der Waals surface area contributed by atoms with Gasteiger partial charge in [0, 0.05) is 32.7 Å². The molecule has 0 aliphatic carbocycles. The van der Waals surface area contributed by atoms with Gasteiger partial charge in [-0.15, -0.1) is 0 Å². The summed E-state index contributed by atoms with van der Waals surface area (Å²) in [7, 11) is -3.70. The molecule has 0 atom stereocenters. The van der Waals surface area contributed by atoms with Gasteiger partial charge >= 0.3 is 0 Å². The molecule has 1 aromatic rings. The third-order valence-corrected chi connectivity index (χ3v) is 4.58. The lowest BCUT2D eigenvalue weighted by atomic mass is 10.1. The van der Waals surface area contributed by atoms with Crippen LogP contribution in [0.4, 0.5) is 11.4 Å². The first-order valence-electron chi connectivity index (χ1n) is 7.17. The first-order chi connectivity index (χ1) is 9.77. The maximum absolute atomic E-state index is 11.5. The lowest BCUT2D eigenvalue weighted by Gasteiger charge is -2.37. The second-order valence-corrected chi connectivity index (χ2v) is 7.51. The number of benzene rings is 1. The summed E-state index contributed by atoms with van der Waals surface area (Å²) in [6.07, 6.45) is 0. The van der Waals surface area contributed by atoms with Crippen LogP contribution >= 0.6 is 0 Å². The van der Waals surface area contributed by atoms with E-state index in [4.69, 9.17) is 10.9 Å². The van der Waals surface area contributed by atoms with Gasteiger partial charge in [0.15, 0.2) is 0 Å². The van der Waals surface area contributed by atoms with Crippen LogP contribution in [0.3, 0.4) is 0 Å². The quantitative estimate of drug-likeness (QED) is 0.798. The molecule has 118 valence electrons. The lowest BCUT2D eigenvalue weighted by molar-refractivity contribution is 0.231. The molecule has 0 bridgehead atoms. The van der Waals surface area contributed by atoms with Crippen LogP contribution in [0.1, 0.15) is 13.8 Å². The zero-order chi connectivity index (χ0) is 15.6. The molecule has 4 N–H and O–H groups in total. The second-order valence-electron chi connectivity index (χ2n) is 5.95. The maximum atomic E-state index is 11.5. The van der Waals surface area contributed by atoms with E-state index < -0.39 is 10.0 Å². The van der Waals surface area contributed by atoms with Crippen molar-refractivity contribution < 1.29 is 8.42 Å². The molecule has 0 amide bonds. The highest BCUT2D eigenvalue weighted by Crippen LogP contribution is 2.27. The first kappa shape index (κ1) is 16.1. The number of hydrogen-bond acceptors (Lipinski definition) is 5. The van der Waals surface area contributed by atoms with Gasteiger partial charge < -0.3 is 10.6 Å². The summed E-state index contributed by atoms with van der Waals surface area (Å²) in [5.41, 5.74) is 7.33. The Labute approximate surface area is 126 Å². The molecule has 7 heteroatoms. The molecular formula is C14H24N4O2S. The van der Waals surface area contributed by atoms with Gasteiger partial charge in [0.25, 0.3) is 0 Å². The van der Waals surface area contributed by atoms with E-state index >= 15 is 0 Å². The minimum Gasteiger partial charge on any atom is -0.397 e. The maximum Gasteiger partial charge on any atom is 0.238 e. The smallest absolute Gasteiger partial charge is 0.238 e. The van der Waals surface area contributed by atoms with Gasteiger partial charge in [0.1, 0.15) is 0 Å². The molecule has 6 nitrogen and oxygen atoms in total. The predicted molar refractivity (Wildman–Crippen MR) is 85.7 cm³/mol. The van der Waals surface area contributed by atoms with E-state index in [-0.39, 0.29) is 4.90 Å². The van der Waals surface area contributed by atoms with Crippen LogP contribution in [-0.2, 0) is 10.0 Å². The number of primary sulfonamides is 1. The van der Waals surface area contributed by atoms with Crippen molar-refractivity contribution in [2.75, 3.05) is 43.4 Å². The summed E-state index contributed by atoms with van der Waals surface area (Å²) >= 11 is 0. The molecule has 0 spiro atoms. The Morgan fingerprint density at radius 1 is 1.19 bits per heavy atom. The number of nitrogens with two attached hydrogens (primary N) is 2. The molecule has 1 saturated heterocycles. The van der Waals surface area contributed by atoms with Crippen LogP contribution in [0.15, 0.2) is 23.1 Å². The van der Waals surface area contributed by atoms with Crippen molar-refractivity contribution in [2.45, 2.75) is 18.7 Å². The Morgan fingerprint density at radius 3 is 2.33 bits per heavy atom. The number of nitrogens with zero attached hydrogens (tertiary/aromatic N) is 2. The fourth-order valence-electron chi connectivity index (χ4n) is 2.66. The Kier molecular flexibility index (Phi) is 4.75. The van der Waals surface area contributed by atoms with Crippen molar-refractivity contribution in [2.24, 2.45) is 11.1 Å². The second kappa shape index (κ2) is 6.21. The SMILES string of the molecule is CC(C)CN1CCN(c2cc(S(N)(=O)=O)ccc2N)CC1. The van der Waals surface area contributed by atoms with Gasteiger partial charge in [-0.05, 0) is 24.1 Å². The van der Waals surface area contributed by atoms with Crippen LogP contribution in [-0.4, -0.2) is 46.0 Å². The van der Waals surface area contributed by atoms with E-state index in [2.05, 4.69) is 23.6 Å². The fourth-order valence-corrected chi connectivity index (χ4v) is 3.20. The monoisotopic (exact) mass is 312 g/mol. The van der Waals surface area contributed by atoms with Gasteiger partial charge in [0.2, 0.25) is 10.0 Å². The Balaban J connectivity index is 2.13. The van der Waals surface area contributed by atoms with Gasteiger partial charge in [-0.3, -0.25) is 4.90 Å². The summed E-state index contributed by atoms with van der Waals surface area (Å²) < 4.78 is 22.9. The number of sulfonamides is 1. The van der Waals surface area contributed by atoms with Crippen LogP contribution in [0.5, 0.6) is 0 Å². The summed E-state index contributed by atoms with van der Waals surface area (Å²) in [6, 6.07) is 4.63. The topological polar surface area (TPSA) is 92.7 Å².